The molecular weight excluding hydrogens is 158 g/mol. The fourth-order valence-electron chi connectivity index (χ4n) is 3.25. The van der Waals surface area contributed by atoms with Gasteiger partial charge < -0.3 is 5.32 Å². The minimum absolute atomic E-state index is 0.715. The van der Waals surface area contributed by atoms with Gasteiger partial charge in [-0.3, -0.25) is 0 Å². The van der Waals surface area contributed by atoms with Crippen LogP contribution in [0.4, 0.5) is 0 Å². The van der Waals surface area contributed by atoms with E-state index < -0.39 is 0 Å². The van der Waals surface area contributed by atoms with Gasteiger partial charge in [-0.1, -0.05) is 26.7 Å². The van der Waals surface area contributed by atoms with Crippen LogP contribution in [0.3, 0.4) is 0 Å². The zero-order chi connectivity index (χ0) is 9.31. The van der Waals surface area contributed by atoms with Crippen LogP contribution in [0.5, 0.6) is 0 Å². The summed E-state index contributed by atoms with van der Waals surface area (Å²) < 4.78 is 0. The molecule has 2 fully saturated rings. The molecule has 0 radical (unpaired) electrons. The van der Waals surface area contributed by atoms with Crippen molar-refractivity contribution < 1.29 is 0 Å². The van der Waals surface area contributed by atoms with E-state index in [9.17, 15) is 0 Å². The van der Waals surface area contributed by atoms with Gasteiger partial charge in [0.05, 0.1) is 0 Å². The first kappa shape index (κ1) is 9.51. The Labute approximate surface area is 82.3 Å². The molecule has 1 saturated heterocycles. The molecule has 0 aromatic carbocycles. The van der Waals surface area contributed by atoms with Crippen LogP contribution < -0.4 is 5.32 Å². The molecule has 1 spiro atoms. The van der Waals surface area contributed by atoms with Crippen molar-refractivity contribution in [2.45, 2.75) is 46.0 Å². The van der Waals surface area contributed by atoms with Crippen LogP contribution in [0, 0.1) is 17.3 Å². The van der Waals surface area contributed by atoms with Crippen molar-refractivity contribution >= 4 is 0 Å². The summed E-state index contributed by atoms with van der Waals surface area (Å²) in [4.78, 5) is 0. The van der Waals surface area contributed by atoms with E-state index in [1.807, 2.05) is 0 Å². The molecular formula is C12H23N. The van der Waals surface area contributed by atoms with Crippen molar-refractivity contribution in [1.29, 1.82) is 0 Å². The van der Waals surface area contributed by atoms with E-state index in [-0.39, 0.29) is 0 Å². The zero-order valence-corrected chi connectivity index (χ0v) is 9.10. The van der Waals surface area contributed by atoms with Crippen molar-refractivity contribution in [3.05, 3.63) is 0 Å². The van der Waals surface area contributed by atoms with Crippen molar-refractivity contribution in [3.63, 3.8) is 0 Å². The maximum absolute atomic E-state index is 3.54. The molecule has 1 aliphatic heterocycles. The Hall–Kier alpha value is -0.0400. The third-order valence-corrected chi connectivity index (χ3v) is 4.25. The van der Waals surface area contributed by atoms with Gasteiger partial charge in [0.2, 0.25) is 0 Å². The first-order valence-corrected chi connectivity index (χ1v) is 5.93. The molecule has 1 N–H and O–H groups in total. The highest BCUT2D eigenvalue weighted by Gasteiger charge is 2.38. The minimum Gasteiger partial charge on any atom is -0.316 e. The SMILES string of the molecule is CC(C)C1CCCC2(CCNC2)C1. The van der Waals surface area contributed by atoms with Crippen LogP contribution >= 0.6 is 0 Å². The summed E-state index contributed by atoms with van der Waals surface area (Å²) in [5.74, 6) is 1.91. The molecule has 2 unspecified atom stereocenters. The van der Waals surface area contributed by atoms with Gasteiger partial charge in [0.15, 0.2) is 0 Å². The molecule has 1 aliphatic carbocycles. The van der Waals surface area contributed by atoms with E-state index in [1.54, 1.807) is 0 Å². The molecule has 0 aromatic rings. The monoisotopic (exact) mass is 181 g/mol. The van der Waals surface area contributed by atoms with Crippen molar-refractivity contribution in [2.24, 2.45) is 17.3 Å². The van der Waals surface area contributed by atoms with Crippen molar-refractivity contribution in [2.75, 3.05) is 13.1 Å². The largest absolute Gasteiger partial charge is 0.316 e. The third-order valence-electron chi connectivity index (χ3n) is 4.25. The Balaban J connectivity index is 1.98. The summed E-state index contributed by atoms with van der Waals surface area (Å²) in [6.07, 6.45) is 7.39. The Morgan fingerprint density at radius 2 is 2.15 bits per heavy atom. The van der Waals surface area contributed by atoms with Gasteiger partial charge in [-0.15, -0.1) is 0 Å². The predicted octanol–water partition coefficient (Wildman–Crippen LogP) is 2.81. The third kappa shape index (κ3) is 1.90. The molecule has 76 valence electrons. The van der Waals surface area contributed by atoms with E-state index in [0.29, 0.717) is 5.41 Å². The molecule has 13 heavy (non-hydrogen) atoms. The minimum atomic E-state index is 0.715. The van der Waals surface area contributed by atoms with Crippen LogP contribution in [0.2, 0.25) is 0 Å². The molecule has 2 rings (SSSR count). The van der Waals surface area contributed by atoms with E-state index in [4.69, 9.17) is 0 Å². The van der Waals surface area contributed by atoms with Gasteiger partial charge in [-0.2, -0.15) is 0 Å². The van der Waals surface area contributed by atoms with Crippen LogP contribution in [-0.2, 0) is 0 Å². The molecule has 0 bridgehead atoms. The second-order valence-electron chi connectivity index (χ2n) is 5.53. The molecule has 1 heterocycles. The molecule has 0 amide bonds. The van der Waals surface area contributed by atoms with E-state index >= 15 is 0 Å². The van der Waals surface area contributed by atoms with E-state index in [1.165, 1.54) is 45.2 Å². The summed E-state index contributed by atoms with van der Waals surface area (Å²) in [5.41, 5.74) is 0.715. The van der Waals surface area contributed by atoms with Crippen LogP contribution in [0.15, 0.2) is 0 Å². The van der Waals surface area contributed by atoms with Gasteiger partial charge in [0.1, 0.15) is 0 Å². The van der Waals surface area contributed by atoms with Crippen LogP contribution in [-0.4, -0.2) is 13.1 Å². The maximum atomic E-state index is 3.54. The average Bonchev–Trinajstić information content (AvgIpc) is 2.53. The first-order valence-electron chi connectivity index (χ1n) is 5.93. The van der Waals surface area contributed by atoms with Crippen molar-refractivity contribution in [3.8, 4) is 0 Å². The quantitative estimate of drug-likeness (QED) is 0.656. The summed E-state index contributed by atoms with van der Waals surface area (Å²) in [6.45, 7) is 7.36. The van der Waals surface area contributed by atoms with E-state index in [0.717, 1.165) is 11.8 Å². The fourth-order valence-corrected chi connectivity index (χ4v) is 3.25. The van der Waals surface area contributed by atoms with Crippen LogP contribution in [0.25, 0.3) is 0 Å². The summed E-state index contributed by atoms with van der Waals surface area (Å²) >= 11 is 0. The molecule has 1 heteroatoms. The van der Waals surface area contributed by atoms with Crippen LogP contribution in [0.1, 0.15) is 46.0 Å². The molecule has 1 nitrogen and oxygen atoms in total. The predicted molar refractivity (Wildman–Crippen MR) is 56.7 cm³/mol. The Bertz CT molecular complexity index is 168. The summed E-state index contributed by atoms with van der Waals surface area (Å²) in [5, 5.41) is 3.54. The lowest BCUT2D eigenvalue weighted by molar-refractivity contribution is 0.130. The Morgan fingerprint density at radius 3 is 2.77 bits per heavy atom. The lowest BCUT2D eigenvalue weighted by Crippen LogP contribution is -2.32. The Morgan fingerprint density at radius 1 is 1.31 bits per heavy atom. The second kappa shape index (κ2) is 3.61. The zero-order valence-electron chi connectivity index (χ0n) is 9.10. The van der Waals surface area contributed by atoms with Gasteiger partial charge in [-0.05, 0) is 43.1 Å². The number of nitrogens with one attached hydrogen (secondary N) is 1. The smallest absolute Gasteiger partial charge is 0.000839 e. The summed E-state index contributed by atoms with van der Waals surface area (Å²) in [6, 6.07) is 0. The lowest BCUT2D eigenvalue weighted by Gasteiger charge is -2.39. The standard InChI is InChI=1S/C12H23N/c1-10(2)11-4-3-5-12(8-11)6-7-13-9-12/h10-11,13H,3-9H2,1-2H3. The highest BCUT2D eigenvalue weighted by Crippen LogP contribution is 2.45. The molecule has 2 aliphatic rings. The number of hydrogen-bond donors (Lipinski definition) is 1. The van der Waals surface area contributed by atoms with E-state index in [2.05, 4.69) is 19.2 Å². The lowest BCUT2D eigenvalue weighted by atomic mass is 9.66. The molecule has 2 atom stereocenters. The average molecular weight is 181 g/mol. The van der Waals surface area contributed by atoms with Gasteiger partial charge in [0, 0.05) is 6.54 Å². The van der Waals surface area contributed by atoms with Gasteiger partial charge in [0.25, 0.3) is 0 Å². The molecule has 1 saturated carbocycles. The van der Waals surface area contributed by atoms with Gasteiger partial charge in [-0.25, -0.2) is 0 Å². The highest BCUT2D eigenvalue weighted by molar-refractivity contribution is 4.92. The molecule has 0 aromatic heterocycles. The Kier molecular flexibility index (Phi) is 2.64. The summed E-state index contributed by atoms with van der Waals surface area (Å²) in [7, 11) is 0. The normalized spacial score (nSPS) is 40.4. The first-order chi connectivity index (χ1) is 6.22. The second-order valence-corrected chi connectivity index (χ2v) is 5.53. The number of rotatable bonds is 1. The van der Waals surface area contributed by atoms with Crippen molar-refractivity contribution in [1.82, 2.24) is 5.32 Å². The number of hydrogen-bond acceptors (Lipinski definition) is 1. The fraction of sp³-hybridized carbons (Fsp3) is 1.00. The topological polar surface area (TPSA) is 12.0 Å². The highest BCUT2D eigenvalue weighted by atomic mass is 14.9. The maximum Gasteiger partial charge on any atom is 0.000839 e. The van der Waals surface area contributed by atoms with Gasteiger partial charge >= 0.3 is 0 Å².